The van der Waals surface area contributed by atoms with Crippen LogP contribution in [0.4, 0.5) is 0 Å². The lowest BCUT2D eigenvalue weighted by Crippen LogP contribution is -1.98. The van der Waals surface area contributed by atoms with E-state index < -0.39 is 0 Å². The van der Waals surface area contributed by atoms with Crippen molar-refractivity contribution in [3.63, 3.8) is 0 Å². The van der Waals surface area contributed by atoms with Gasteiger partial charge in [-0.25, -0.2) is 0 Å². The third-order valence-corrected chi connectivity index (χ3v) is 3.34. The van der Waals surface area contributed by atoms with Crippen molar-refractivity contribution in [3.8, 4) is 0 Å². The highest BCUT2D eigenvalue weighted by atomic mass is 14.4. The fraction of sp³-hybridized carbons (Fsp3) is 0.231. The molecule has 0 aromatic heterocycles. The molecule has 0 heteroatoms. The number of benzene rings is 1. The fourth-order valence-corrected chi connectivity index (χ4v) is 2.75. The Balaban J connectivity index is 2.20. The van der Waals surface area contributed by atoms with Crippen LogP contribution in [-0.2, 0) is 0 Å². The van der Waals surface area contributed by atoms with Crippen molar-refractivity contribution in [1.82, 2.24) is 0 Å². The van der Waals surface area contributed by atoms with Gasteiger partial charge in [-0.1, -0.05) is 42.5 Å². The molecular weight excluding hydrogens is 156 g/mol. The van der Waals surface area contributed by atoms with E-state index in [1.165, 1.54) is 11.1 Å². The molecule has 0 aliphatic heterocycles. The molecule has 1 unspecified atom stereocenters. The van der Waals surface area contributed by atoms with E-state index in [1.54, 1.807) is 0 Å². The van der Waals surface area contributed by atoms with Gasteiger partial charge in [0.05, 0.1) is 0 Å². The van der Waals surface area contributed by atoms with Crippen molar-refractivity contribution >= 4 is 0 Å². The van der Waals surface area contributed by atoms with Gasteiger partial charge in [0.15, 0.2) is 0 Å². The molecule has 2 aliphatic rings. The van der Waals surface area contributed by atoms with E-state index in [0.717, 1.165) is 0 Å². The Morgan fingerprint density at radius 3 is 2.00 bits per heavy atom. The average molecular weight is 168 g/mol. The first-order valence-corrected chi connectivity index (χ1v) is 4.81. The number of fused-ring (bicyclic) bond motifs is 5. The van der Waals surface area contributed by atoms with Gasteiger partial charge in [0, 0.05) is 11.8 Å². The Bertz CT molecular complexity index is 354. The largest absolute Gasteiger partial charge is 0.103 e. The summed E-state index contributed by atoms with van der Waals surface area (Å²) >= 11 is 0. The van der Waals surface area contributed by atoms with E-state index in [9.17, 15) is 0 Å². The van der Waals surface area contributed by atoms with Crippen LogP contribution in [0.15, 0.2) is 49.1 Å². The van der Waals surface area contributed by atoms with Crippen LogP contribution >= 0.6 is 0 Å². The summed E-state index contributed by atoms with van der Waals surface area (Å²) in [6, 6.07) is 8.76. The highest BCUT2D eigenvalue weighted by molar-refractivity contribution is 5.50. The van der Waals surface area contributed by atoms with E-state index in [-0.39, 0.29) is 0 Å². The van der Waals surface area contributed by atoms with Crippen molar-refractivity contribution in [1.29, 1.82) is 0 Å². The van der Waals surface area contributed by atoms with Crippen molar-refractivity contribution in [2.45, 2.75) is 11.8 Å². The Morgan fingerprint density at radius 1 is 1.00 bits per heavy atom. The standard InChI is InChI=1S/C13H12/c1-2-9-12-7-8-13(9)11-6-4-3-5-10(11)12/h2-9,12-13H,1H2/t9?,12-,13+. The van der Waals surface area contributed by atoms with Crippen LogP contribution in [0, 0.1) is 5.92 Å². The summed E-state index contributed by atoms with van der Waals surface area (Å²) in [4.78, 5) is 0. The summed E-state index contributed by atoms with van der Waals surface area (Å²) < 4.78 is 0. The average Bonchev–Trinajstić information content (AvgIpc) is 2.73. The molecule has 1 aromatic rings. The molecule has 0 saturated heterocycles. The molecule has 3 rings (SSSR count). The molecule has 0 nitrogen and oxygen atoms in total. The second-order valence-corrected chi connectivity index (χ2v) is 3.88. The topological polar surface area (TPSA) is 0 Å². The summed E-state index contributed by atoms with van der Waals surface area (Å²) in [6.45, 7) is 3.93. The maximum absolute atomic E-state index is 3.93. The SMILES string of the molecule is C=CC1[C@@H]2C=C[C@H]1c1ccccc12. The molecule has 0 heterocycles. The maximum atomic E-state index is 3.93. The monoisotopic (exact) mass is 168 g/mol. The van der Waals surface area contributed by atoms with Crippen LogP contribution in [0.1, 0.15) is 23.0 Å². The third-order valence-electron chi connectivity index (χ3n) is 3.34. The first-order valence-electron chi connectivity index (χ1n) is 4.81. The number of hydrogen-bond donors (Lipinski definition) is 0. The molecule has 13 heavy (non-hydrogen) atoms. The van der Waals surface area contributed by atoms with Crippen molar-refractivity contribution in [3.05, 3.63) is 60.2 Å². The predicted molar refractivity (Wildman–Crippen MR) is 54.8 cm³/mol. The fourth-order valence-electron chi connectivity index (χ4n) is 2.75. The van der Waals surface area contributed by atoms with E-state index in [4.69, 9.17) is 0 Å². The van der Waals surface area contributed by atoms with Crippen molar-refractivity contribution in [2.75, 3.05) is 0 Å². The Kier molecular flexibility index (Phi) is 1.29. The van der Waals surface area contributed by atoms with Gasteiger partial charge >= 0.3 is 0 Å². The lowest BCUT2D eigenvalue weighted by molar-refractivity contribution is 0.625. The molecule has 0 N–H and O–H groups in total. The molecule has 0 fully saturated rings. The zero-order valence-corrected chi connectivity index (χ0v) is 7.48. The molecule has 2 aliphatic carbocycles. The maximum Gasteiger partial charge on any atom is 0.00927 e. The molecule has 2 bridgehead atoms. The first-order chi connectivity index (χ1) is 6.42. The molecule has 0 radical (unpaired) electrons. The zero-order chi connectivity index (χ0) is 8.84. The van der Waals surface area contributed by atoms with E-state index >= 15 is 0 Å². The minimum atomic E-state index is 0.610. The first kappa shape index (κ1) is 7.14. The van der Waals surface area contributed by atoms with E-state index in [0.29, 0.717) is 17.8 Å². The van der Waals surface area contributed by atoms with Crippen LogP contribution in [0.3, 0.4) is 0 Å². The van der Waals surface area contributed by atoms with Gasteiger partial charge in [0.25, 0.3) is 0 Å². The Morgan fingerprint density at radius 2 is 1.54 bits per heavy atom. The van der Waals surface area contributed by atoms with Crippen LogP contribution < -0.4 is 0 Å². The second kappa shape index (κ2) is 2.35. The predicted octanol–water partition coefficient (Wildman–Crippen LogP) is 3.24. The molecule has 1 aromatic carbocycles. The van der Waals surface area contributed by atoms with E-state index in [2.05, 4.69) is 49.1 Å². The van der Waals surface area contributed by atoms with Gasteiger partial charge in [-0.2, -0.15) is 0 Å². The van der Waals surface area contributed by atoms with Crippen LogP contribution in [0.2, 0.25) is 0 Å². The lowest BCUT2D eigenvalue weighted by atomic mass is 9.94. The van der Waals surface area contributed by atoms with Gasteiger partial charge in [-0.3, -0.25) is 0 Å². The molecule has 0 amide bonds. The summed E-state index contributed by atoms with van der Waals surface area (Å²) in [6.07, 6.45) is 6.77. The number of rotatable bonds is 1. The highest BCUT2D eigenvalue weighted by Gasteiger charge is 2.39. The minimum Gasteiger partial charge on any atom is -0.103 e. The summed E-state index contributed by atoms with van der Waals surface area (Å²) in [5.74, 6) is 1.84. The van der Waals surface area contributed by atoms with Crippen LogP contribution in [0.5, 0.6) is 0 Å². The Labute approximate surface area is 78.6 Å². The molecule has 3 atom stereocenters. The highest BCUT2D eigenvalue weighted by Crippen LogP contribution is 2.52. The lowest BCUT2D eigenvalue weighted by Gasteiger charge is -2.08. The van der Waals surface area contributed by atoms with Gasteiger partial charge in [-0.15, -0.1) is 6.58 Å². The van der Waals surface area contributed by atoms with Gasteiger partial charge in [-0.05, 0) is 17.0 Å². The van der Waals surface area contributed by atoms with Gasteiger partial charge in [0.1, 0.15) is 0 Å². The summed E-state index contributed by atoms with van der Waals surface area (Å²) in [5, 5.41) is 0. The smallest absolute Gasteiger partial charge is 0.00927 e. The normalized spacial score (nSPS) is 33.4. The van der Waals surface area contributed by atoms with Crippen LogP contribution in [0.25, 0.3) is 0 Å². The summed E-state index contributed by atoms with van der Waals surface area (Å²) in [7, 11) is 0. The van der Waals surface area contributed by atoms with Crippen molar-refractivity contribution in [2.24, 2.45) is 5.92 Å². The van der Waals surface area contributed by atoms with E-state index in [1.807, 2.05) is 0 Å². The summed E-state index contributed by atoms with van der Waals surface area (Å²) in [5.41, 5.74) is 3.03. The molecule has 0 spiro atoms. The molecule has 64 valence electrons. The van der Waals surface area contributed by atoms with Gasteiger partial charge in [0.2, 0.25) is 0 Å². The van der Waals surface area contributed by atoms with Crippen molar-refractivity contribution < 1.29 is 0 Å². The number of allylic oxidation sites excluding steroid dienone is 3. The van der Waals surface area contributed by atoms with Gasteiger partial charge < -0.3 is 0 Å². The Hall–Kier alpha value is -1.30. The quantitative estimate of drug-likeness (QED) is 0.565. The molecule has 0 saturated carbocycles. The second-order valence-electron chi connectivity index (χ2n) is 3.88. The number of hydrogen-bond acceptors (Lipinski definition) is 0. The minimum absolute atomic E-state index is 0.610. The molecular formula is C13H12. The van der Waals surface area contributed by atoms with Crippen LogP contribution in [-0.4, -0.2) is 0 Å². The zero-order valence-electron chi connectivity index (χ0n) is 7.48. The third kappa shape index (κ3) is 0.757.